The summed E-state index contributed by atoms with van der Waals surface area (Å²) in [5.74, 6) is 4.81. The summed E-state index contributed by atoms with van der Waals surface area (Å²) in [4.78, 5) is 77.1. The van der Waals surface area contributed by atoms with Gasteiger partial charge in [-0.25, -0.2) is 23.3 Å². The number of phosphoric acid groups is 3. The lowest BCUT2D eigenvalue weighted by Gasteiger charge is -2.36. The monoisotopic (exact) mass is 940 g/mol. The minimum Gasteiger partial charge on any atom is -0.508 e. The van der Waals surface area contributed by atoms with Crippen molar-refractivity contribution in [3.8, 4) is 34.8 Å². The molecule has 3 aliphatic heterocycles. The molecule has 2 unspecified atom stereocenters. The average molecular weight is 941 g/mol. The van der Waals surface area contributed by atoms with Gasteiger partial charge in [0, 0.05) is 47.3 Å². The number of phosphoric ester groups is 1. The fraction of sp³-hybridized carbons (Fsp3) is 0.235. The molecule has 0 aliphatic carbocycles. The Morgan fingerprint density at radius 2 is 1.53 bits per heavy atom. The van der Waals surface area contributed by atoms with E-state index in [0.29, 0.717) is 26.9 Å². The van der Waals surface area contributed by atoms with Crippen LogP contribution in [0.1, 0.15) is 38.8 Å². The second kappa shape index (κ2) is 16.9. The molecular formula is C34H31N4O20P3S. The molecule has 7 rings (SSSR count). The number of phenolic OH excluding ortho intramolecular Hbond substituents is 2. The number of ether oxygens (including phenoxy) is 3. The van der Waals surface area contributed by atoms with Crippen LogP contribution in [0, 0.1) is 11.8 Å². The van der Waals surface area contributed by atoms with E-state index < -0.39 is 77.4 Å². The van der Waals surface area contributed by atoms with Gasteiger partial charge in [-0.05, 0) is 36.4 Å². The highest BCUT2D eigenvalue weighted by atomic mass is 32.1. The molecule has 4 aromatic rings. The fourth-order valence-corrected chi connectivity index (χ4v) is 9.95. The summed E-state index contributed by atoms with van der Waals surface area (Å²) < 4.78 is 64.2. The molecule has 328 valence electrons. The van der Waals surface area contributed by atoms with Crippen LogP contribution >= 0.6 is 35.7 Å². The molecule has 1 spiro atoms. The number of nitrogens with one attached hydrogen (secondary N) is 3. The first-order valence-corrected chi connectivity index (χ1v) is 22.4. The lowest BCUT2D eigenvalue weighted by Crippen LogP contribution is -2.38. The Labute approximate surface area is 351 Å². The maximum Gasteiger partial charge on any atom is 0.490 e. The number of aromatic amines is 1. The summed E-state index contributed by atoms with van der Waals surface area (Å²) in [7, 11) is -17.1. The molecule has 62 heavy (non-hydrogen) atoms. The van der Waals surface area contributed by atoms with Gasteiger partial charge in [-0.3, -0.25) is 24.2 Å². The molecule has 1 aromatic heterocycles. The standard InChI is InChI=1S/C34H31N4O20P3S/c39-18-4-7-22-24(11-18)54-25-12-19(40)5-8-23(25)34(22)21-6-3-17(10-20(21)32(44)56-34)36-27(62)13-35-9-1-2-16-14-38(33(45)37-30(16)43)31-29(42)28(41)26(55-31)15-53-60(49,50)58-61(51,52)57-59(46,47)48/h3-8,10-12,14,26,28-29,31,35,39-42H,9,13,15H2,(H,36,62)(H,49,50)(H,51,52)(H,37,43,45)(H2,46,47,48)/t26-,28-,29-,31-/m1/s1. The van der Waals surface area contributed by atoms with Crippen molar-refractivity contribution >= 4 is 52.3 Å². The number of carbonyl (C=O) groups is 1. The Hall–Kier alpha value is -5.09. The molecule has 3 aromatic carbocycles. The number of aromatic hydroxyl groups is 2. The van der Waals surface area contributed by atoms with Gasteiger partial charge in [-0.2, -0.15) is 8.62 Å². The first-order chi connectivity index (χ1) is 29.1. The molecule has 6 atom stereocenters. The minimum absolute atomic E-state index is 0.0538. The lowest BCUT2D eigenvalue weighted by molar-refractivity contribution is -0.0542. The number of fused-ring (bicyclic) bond motifs is 6. The average Bonchev–Trinajstić information content (AvgIpc) is 3.60. The third-order valence-corrected chi connectivity index (χ3v) is 13.2. The van der Waals surface area contributed by atoms with Crippen LogP contribution in [0.25, 0.3) is 0 Å². The molecular weight excluding hydrogens is 909 g/mol. The first kappa shape index (κ1) is 44.9. The van der Waals surface area contributed by atoms with E-state index in [1.165, 1.54) is 24.3 Å². The number of rotatable bonds is 12. The normalized spacial score (nSPS) is 21.5. The van der Waals surface area contributed by atoms with Gasteiger partial charge in [0.1, 0.15) is 46.9 Å². The van der Waals surface area contributed by atoms with E-state index in [1.54, 1.807) is 30.3 Å². The maximum atomic E-state index is 13.4. The van der Waals surface area contributed by atoms with Gasteiger partial charge in [0.25, 0.3) is 5.56 Å². The van der Waals surface area contributed by atoms with Crippen molar-refractivity contribution in [2.24, 2.45) is 0 Å². The van der Waals surface area contributed by atoms with Crippen LogP contribution in [0.2, 0.25) is 0 Å². The van der Waals surface area contributed by atoms with Crippen LogP contribution in [-0.2, 0) is 41.9 Å². The highest BCUT2D eigenvalue weighted by molar-refractivity contribution is 7.80. The second-order valence-electron chi connectivity index (χ2n) is 13.4. The van der Waals surface area contributed by atoms with Crippen LogP contribution in [0.3, 0.4) is 0 Å². The third-order valence-electron chi connectivity index (χ3n) is 9.18. The number of H-pyrrole nitrogens is 1. The zero-order chi connectivity index (χ0) is 44.9. The van der Waals surface area contributed by atoms with Gasteiger partial charge in [0.2, 0.25) is 0 Å². The molecule has 28 heteroatoms. The van der Waals surface area contributed by atoms with E-state index >= 15 is 0 Å². The van der Waals surface area contributed by atoms with E-state index in [9.17, 15) is 58.3 Å². The smallest absolute Gasteiger partial charge is 0.490 e. The number of esters is 1. The van der Waals surface area contributed by atoms with Gasteiger partial charge in [0.05, 0.1) is 23.7 Å². The minimum atomic E-state index is -5.85. The van der Waals surface area contributed by atoms with E-state index in [-0.39, 0.29) is 52.2 Å². The van der Waals surface area contributed by atoms with Gasteiger partial charge in [0.15, 0.2) is 11.8 Å². The van der Waals surface area contributed by atoms with E-state index in [1.807, 2.05) is 4.98 Å². The van der Waals surface area contributed by atoms with Crippen molar-refractivity contribution in [2.75, 3.05) is 25.0 Å². The number of thiocarbonyl (C=S) groups is 1. The quantitative estimate of drug-likeness (QED) is 0.0308. The van der Waals surface area contributed by atoms with Gasteiger partial charge in [-0.1, -0.05) is 30.1 Å². The number of hydrogen-bond acceptors (Lipinski definition) is 18. The van der Waals surface area contributed by atoms with Crippen LogP contribution in [0.5, 0.6) is 23.0 Å². The number of aromatic nitrogens is 2. The highest BCUT2D eigenvalue weighted by Gasteiger charge is 2.54. The second-order valence-corrected chi connectivity index (χ2v) is 18.3. The van der Waals surface area contributed by atoms with Crippen molar-refractivity contribution in [2.45, 2.75) is 30.1 Å². The summed E-state index contributed by atoms with van der Waals surface area (Å²) in [6.07, 6.45) is -6.42. The number of aliphatic hydroxyl groups is 2. The van der Waals surface area contributed by atoms with Crippen molar-refractivity contribution < 1.29 is 85.8 Å². The summed E-state index contributed by atoms with van der Waals surface area (Å²) >= 11 is 5.45. The number of phenols is 2. The summed E-state index contributed by atoms with van der Waals surface area (Å²) in [6, 6.07) is 13.7. The van der Waals surface area contributed by atoms with Gasteiger partial charge < -0.3 is 59.5 Å². The Balaban J connectivity index is 0.973. The zero-order valence-corrected chi connectivity index (χ0v) is 34.4. The molecule has 0 saturated carbocycles. The number of benzene rings is 3. The molecule has 0 amide bonds. The predicted molar refractivity (Wildman–Crippen MR) is 211 cm³/mol. The van der Waals surface area contributed by atoms with Crippen LogP contribution in [0.4, 0.5) is 5.69 Å². The summed E-state index contributed by atoms with van der Waals surface area (Å²) in [6.45, 7) is -1.15. The maximum absolute atomic E-state index is 13.4. The molecule has 3 aliphatic rings. The predicted octanol–water partition coefficient (Wildman–Crippen LogP) is 0.859. The van der Waals surface area contributed by atoms with E-state index in [0.717, 1.165) is 6.20 Å². The number of nitrogens with zero attached hydrogens (tertiary/aromatic N) is 1. The molecule has 1 saturated heterocycles. The van der Waals surface area contributed by atoms with Gasteiger partial charge >= 0.3 is 35.1 Å². The van der Waals surface area contributed by atoms with Crippen LogP contribution in [-0.4, -0.2) is 98.5 Å². The fourth-order valence-electron chi connectivity index (χ4n) is 6.70. The molecule has 4 heterocycles. The first-order valence-electron chi connectivity index (χ1n) is 17.4. The number of carbonyl (C=O) groups excluding carboxylic acids is 1. The molecule has 0 bridgehead atoms. The molecule has 24 nitrogen and oxygen atoms in total. The third kappa shape index (κ3) is 9.31. The largest absolute Gasteiger partial charge is 0.508 e. The highest BCUT2D eigenvalue weighted by Crippen LogP contribution is 2.66. The Morgan fingerprint density at radius 3 is 2.18 bits per heavy atom. The van der Waals surface area contributed by atoms with Crippen LogP contribution < -0.4 is 26.6 Å². The van der Waals surface area contributed by atoms with Gasteiger partial charge in [-0.15, -0.1) is 0 Å². The van der Waals surface area contributed by atoms with Crippen molar-refractivity contribution in [1.29, 1.82) is 0 Å². The van der Waals surface area contributed by atoms with Crippen molar-refractivity contribution in [3.63, 3.8) is 0 Å². The zero-order valence-electron chi connectivity index (χ0n) is 30.9. The Morgan fingerprint density at radius 1 is 0.887 bits per heavy atom. The SMILES string of the molecule is O=C1OC2(c3ccc(O)cc3Oc3cc(O)ccc32)c2ccc(NC(=S)CNCC#Cc3cn([C@@H]4O[C@H](COP(=O)(O)OP(=O)(O)OP(=O)(O)O)[C@@H](O)[C@H]4O)c(=O)[nH]c3=O)cc21. The number of aliphatic hydroxyl groups excluding tert-OH is 2. The molecule has 11 N–H and O–H groups in total. The topological polar surface area (TPSA) is 364 Å². The Bertz CT molecular complexity index is 2790. The Kier molecular flexibility index (Phi) is 12.2. The molecule has 0 radical (unpaired) electrons. The molecule has 1 fully saturated rings. The summed E-state index contributed by atoms with van der Waals surface area (Å²) in [5.41, 5.74) is -1.79. The number of hydrogen-bond donors (Lipinski definition) is 11. The van der Waals surface area contributed by atoms with E-state index in [4.69, 9.17) is 36.2 Å². The van der Waals surface area contributed by atoms with Crippen LogP contribution in [0.15, 0.2) is 70.4 Å². The lowest BCUT2D eigenvalue weighted by atomic mass is 9.77. The van der Waals surface area contributed by atoms with Crippen molar-refractivity contribution in [1.82, 2.24) is 14.9 Å². The van der Waals surface area contributed by atoms with Crippen molar-refractivity contribution in [3.05, 3.63) is 109 Å². The number of anilines is 1. The van der Waals surface area contributed by atoms with E-state index in [2.05, 4.69) is 35.6 Å². The summed E-state index contributed by atoms with van der Waals surface area (Å²) in [5, 5.41) is 47.2.